The van der Waals surface area contributed by atoms with Gasteiger partial charge in [0.05, 0.1) is 5.71 Å². The highest BCUT2D eigenvalue weighted by molar-refractivity contribution is 6.00. The minimum atomic E-state index is 0.485. The van der Waals surface area contributed by atoms with Crippen LogP contribution in [-0.4, -0.2) is 12.0 Å². The highest BCUT2D eigenvalue weighted by atomic mass is 16.6. The second-order valence-corrected chi connectivity index (χ2v) is 5.73. The molecule has 0 saturated carbocycles. The topological polar surface area (TPSA) is 47.9 Å². The molecule has 0 bridgehead atoms. The fourth-order valence-electron chi connectivity index (χ4n) is 2.40. The highest BCUT2D eigenvalue weighted by Crippen LogP contribution is 2.21. The van der Waals surface area contributed by atoms with Crippen LogP contribution in [0.3, 0.4) is 0 Å². The molecule has 4 nitrogen and oxygen atoms in total. The third kappa shape index (κ3) is 4.57. The van der Waals surface area contributed by atoms with Gasteiger partial charge in [-0.25, -0.2) is 0 Å². The third-order valence-corrected chi connectivity index (χ3v) is 3.82. The van der Waals surface area contributed by atoms with Crippen molar-refractivity contribution >= 4 is 12.0 Å². The van der Waals surface area contributed by atoms with Crippen LogP contribution >= 0.6 is 0 Å². The summed E-state index contributed by atoms with van der Waals surface area (Å²) in [7, 11) is 0. The maximum atomic E-state index is 10.7. The molecule has 0 unspecified atom stereocenters. The number of carbonyl (C=O) groups is 1. The Labute approximate surface area is 152 Å². The number of ether oxygens (including phenoxy) is 1. The van der Waals surface area contributed by atoms with Gasteiger partial charge in [-0.1, -0.05) is 47.6 Å². The summed E-state index contributed by atoms with van der Waals surface area (Å²) in [5, 5.41) is 4.18. The number of hydrogen-bond donors (Lipinski definition) is 0. The quantitative estimate of drug-likeness (QED) is 0.348. The van der Waals surface area contributed by atoms with Crippen LogP contribution in [0.25, 0.3) is 0 Å². The first-order chi connectivity index (χ1) is 12.8. The molecule has 3 aromatic carbocycles. The minimum absolute atomic E-state index is 0.485. The van der Waals surface area contributed by atoms with Gasteiger partial charge in [0.15, 0.2) is 5.75 Å². The molecule has 0 saturated heterocycles. The van der Waals surface area contributed by atoms with Crippen LogP contribution in [0.5, 0.6) is 11.5 Å². The predicted molar refractivity (Wildman–Crippen MR) is 102 cm³/mol. The monoisotopic (exact) mass is 345 g/mol. The number of para-hydroxylation sites is 1. The lowest BCUT2D eigenvalue weighted by Gasteiger charge is -2.11. The molecule has 0 heterocycles. The predicted octanol–water partition coefficient (Wildman–Crippen LogP) is 4.88. The van der Waals surface area contributed by atoms with Crippen LogP contribution in [0.4, 0.5) is 0 Å². The number of carbonyl (C=O) groups excluding carboxylic acids is 1. The van der Waals surface area contributed by atoms with Gasteiger partial charge >= 0.3 is 0 Å². The van der Waals surface area contributed by atoms with E-state index in [1.807, 2.05) is 61.5 Å². The van der Waals surface area contributed by atoms with E-state index in [0.29, 0.717) is 23.6 Å². The average molecular weight is 345 g/mol. The molecule has 0 spiro atoms. The Morgan fingerprint density at radius 1 is 0.923 bits per heavy atom. The van der Waals surface area contributed by atoms with Crippen LogP contribution in [-0.2, 0) is 6.61 Å². The summed E-state index contributed by atoms with van der Waals surface area (Å²) in [5.41, 5.74) is 3.27. The molecule has 0 aliphatic heterocycles. The van der Waals surface area contributed by atoms with E-state index in [9.17, 15) is 4.79 Å². The number of nitrogens with zero attached hydrogens (tertiary/aromatic N) is 1. The number of oxime groups is 1. The Kier molecular flexibility index (Phi) is 5.78. The Balaban J connectivity index is 1.71. The van der Waals surface area contributed by atoms with Crippen LogP contribution in [0.15, 0.2) is 84.0 Å². The molecule has 3 aromatic rings. The standard InChI is InChI=1S/C22H19NO3/c1-17(23-26-20-13-11-18(15-24)12-14-20)21-9-5-6-10-22(21)25-16-19-7-3-2-4-8-19/h2-15H,16H2,1H3. The Morgan fingerprint density at radius 3 is 2.35 bits per heavy atom. The molecule has 0 radical (unpaired) electrons. The number of benzene rings is 3. The lowest BCUT2D eigenvalue weighted by atomic mass is 10.1. The third-order valence-electron chi connectivity index (χ3n) is 3.82. The van der Waals surface area contributed by atoms with Crippen molar-refractivity contribution < 1.29 is 14.4 Å². The smallest absolute Gasteiger partial charge is 0.158 e. The molecule has 0 N–H and O–H groups in total. The number of rotatable bonds is 7. The zero-order chi connectivity index (χ0) is 18.2. The van der Waals surface area contributed by atoms with Crippen molar-refractivity contribution in [1.29, 1.82) is 0 Å². The van der Waals surface area contributed by atoms with Crippen molar-refractivity contribution in [3.63, 3.8) is 0 Å². The second kappa shape index (κ2) is 8.62. The van der Waals surface area contributed by atoms with E-state index in [0.717, 1.165) is 23.2 Å². The molecular formula is C22H19NO3. The largest absolute Gasteiger partial charge is 0.488 e. The summed E-state index contributed by atoms with van der Waals surface area (Å²) >= 11 is 0. The Hall–Kier alpha value is -3.40. The summed E-state index contributed by atoms with van der Waals surface area (Å²) in [6, 6.07) is 24.5. The first-order valence-corrected chi connectivity index (χ1v) is 8.29. The van der Waals surface area contributed by atoms with E-state index in [2.05, 4.69) is 5.16 Å². The molecule has 0 fully saturated rings. The van der Waals surface area contributed by atoms with Gasteiger partial charge in [-0.2, -0.15) is 0 Å². The van der Waals surface area contributed by atoms with E-state index >= 15 is 0 Å². The van der Waals surface area contributed by atoms with Gasteiger partial charge in [0.25, 0.3) is 0 Å². The zero-order valence-electron chi connectivity index (χ0n) is 14.5. The molecule has 4 heteroatoms. The molecule has 0 amide bonds. The SMILES string of the molecule is CC(=NOc1ccc(C=O)cc1)c1ccccc1OCc1ccccc1. The molecular weight excluding hydrogens is 326 g/mol. The van der Waals surface area contributed by atoms with E-state index in [4.69, 9.17) is 9.57 Å². The molecule has 0 aliphatic rings. The molecule has 130 valence electrons. The van der Waals surface area contributed by atoms with Gasteiger partial charge in [-0.15, -0.1) is 0 Å². The van der Waals surface area contributed by atoms with Crippen molar-refractivity contribution in [2.45, 2.75) is 13.5 Å². The summed E-state index contributed by atoms with van der Waals surface area (Å²) < 4.78 is 5.95. The Morgan fingerprint density at radius 2 is 1.62 bits per heavy atom. The highest BCUT2D eigenvalue weighted by Gasteiger charge is 2.07. The lowest BCUT2D eigenvalue weighted by Crippen LogP contribution is -2.03. The van der Waals surface area contributed by atoms with Crippen LogP contribution < -0.4 is 9.57 Å². The van der Waals surface area contributed by atoms with Gasteiger partial charge in [0.1, 0.15) is 18.6 Å². The van der Waals surface area contributed by atoms with Crippen LogP contribution in [0.1, 0.15) is 28.4 Å². The zero-order valence-corrected chi connectivity index (χ0v) is 14.5. The van der Waals surface area contributed by atoms with E-state index < -0.39 is 0 Å². The van der Waals surface area contributed by atoms with E-state index in [1.165, 1.54) is 0 Å². The maximum absolute atomic E-state index is 10.7. The fourth-order valence-corrected chi connectivity index (χ4v) is 2.40. The number of hydrogen-bond acceptors (Lipinski definition) is 4. The average Bonchev–Trinajstić information content (AvgIpc) is 2.72. The summed E-state index contributed by atoms with van der Waals surface area (Å²) in [6.07, 6.45) is 0.790. The first kappa shape index (κ1) is 17.4. The normalized spacial score (nSPS) is 11.0. The van der Waals surface area contributed by atoms with Crippen molar-refractivity contribution in [3.8, 4) is 11.5 Å². The van der Waals surface area contributed by atoms with Gasteiger partial charge in [-0.05, 0) is 48.9 Å². The van der Waals surface area contributed by atoms with Gasteiger partial charge in [0, 0.05) is 11.1 Å². The molecule has 0 aliphatic carbocycles. The van der Waals surface area contributed by atoms with E-state index in [-0.39, 0.29) is 0 Å². The second-order valence-electron chi connectivity index (χ2n) is 5.73. The van der Waals surface area contributed by atoms with Crippen molar-refractivity contribution in [2.75, 3.05) is 0 Å². The van der Waals surface area contributed by atoms with Crippen molar-refractivity contribution in [2.24, 2.45) is 5.16 Å². The lowest BCUT2D eigenvalue weighted by molar-refractivity contribution is 0.112. The first-order valence-electron chi connectivity index (χ1n) is 8.29. The number of aldehydes is 1. The van der Waals surface area contributed by atoms with Crippen molar-refractivity contribution in [3.05, 3.63) is 95.6 Å². The fraction of sp³-hybridized carbons (Fsp3) is 0.0909. The van der Waals surface area contributed by atoms with E-state index in [1.54, 1.807) is 24.3 Å². The maximum Gasteiger partial charge on any atom is 0.158 e. The molecule has 0 atom stereocenters. The molecule has 3 rings (SSSR count). The van der Waals surface area contributed by atoms with Gasteiger partial charge in [-0.3, -0.25) is 4.79 Å². The van der Waals surface area contributed by atoms with Gasteiger partial charge < -0.3 is 9.57 Å². The molecule has 0 aromatic heterocycles. The molecule has 26 heavy (non-hydrogen) atoms. The minimum Gasteiger partial charge on any atom is -0.488 e. The summed E-state index contributed by atoms with van der Waals surface area (Å²) in [6.45, 7) is 2.35. The van der Waals surface area contributed by atoms with Crippen LogP contribution in [0, 0.1) is 0 Å². The van der Waals surface area contributed by atoms with Gasteiger partial charge in [0.2, 0.25) is 0 Å². The summed E-state index contributed by atoms with van der Waals surface area (Å²) in [5.74, 6) is 1.31. The van der Waals surface area contributed by atoms with Crippen LogP contribution in [0.2, 0.25) is 0 Å². The van der Waals surface area contributed by atoms with Crippen molar-refractivity contribution in [1.82, 2.24) is 0 Å². The summed E-state index contributed by atoms with van der Waals surface area (Å²) in [4.78, 5) is 16.1. The Bertz CT molecular complexity index is 887.